The van der Waals surface area contributed by atoms with Crippen molar-refractivity contribution >= 4 is 44.8 Å². The van der Waals surface area contributed by atoms with E-state index < -0.39 is 10.8 Å². The second-order valence-corrected chi connectivity index (χ2v) is 6.19. The lowest BCUT2D eigenvalue weighted by Crippen LogP contribution is -2.25. The molecule has 25 heavy (non-hydrogen) atoms. The third kappa shape index (κ3) is 5.54. The van der Waals surface area contributed by atoms with Gasteiger partial charge in [0.25, 0.3) is 11.6 Å². The van der Waals surface area contributed by atoms with Gasteiger partial charge in [-0.3, -0.25) is 14.9 Å². The van der Waals surface area contributed by atoms with Crippen molar-refractivity contribution in [3.63, 3.8) is 0 Å². The van der Waals surface area contributed by atoms with Crippen LogP contribution in [0, 0.1) is 10.1 Å². The summed E-state index contributed by atoms with van der Waals surface area (Å²) < 4.78 is 5.70. The van der Waals surface area contributed by atoms with E-state index in [1.807, 2.05) is 0 Å². The lowest BCUT2D eigenvalue weighted by atomic mass is 10.1. The van der Waals surface area contributed by atoms with Gasteiger partial charge in [-0.15, -0.1) is 0 Å². The summed E-state index contributed by atoms with van der Waals surface area (Å²) in [5.41, 5.74) is 3.74. The van der Waals surface area contributed by atoms with E-state index in [0.29, 0.717) is 21.0 Å². The summed E-state index contributed by atoms with van der Waals surface area (Å²) in [6.07, 6.45) is 0. The first-order chi connectivity index (χ1) is 11.9. The molecule has 2 rings (SSSR count). The van der Waals surface area contributed by atoms with Crippen molar-refractivity contribution in [1.82, 2.24) is 5.43 Å². The first-order valence-electron chi connectivity index (χ1n) is 7.02. The second kappa shape index (κ2) is 8.59. The van der Waals surface area contributed by atoms with Crippen molar-refractivity contribution < 1.29 is 14.5 Å². The molecule has 1 amide bonds. The van der Waals surface area contributed by atoms with Crippen LogP contribution in [0.15, 0.2) is 52.0 Å². The Bertz CT molecular complexity index is 825. The van der Waals surface area contributed by atoms with E-state index in [2.05, 4.69) is 26.5 Å². The van der Waals surface area contributed by atoms with E-state index in [9.17, 15) is 14.9 Å². The monoisotopic (exact) mass is 425 g/mol. The van der Waals surface area contributed by atoms with E-state index in [1.165, 1.54) is 18.2 Å². The van der Waals surface area contributed by atoms with Gasteiger partial charge in [0.15, 0.2) is 6.61 Å². The van der Waals surface area contributed by atoms with Gasteiger partial charge in [0, 0.05) is 17.2 Å². The number of nitrogens with one attached hydrogen (secondary N) is 1. The molecule has 2 aromatic carbocycles. The zero-order valence-electron chi connectivity index (χ0n) is 13.0. The summed E-state index contributed by atoms with van der Waals surface area (Å²) in [7, 11) is 0. The van der Waals surface area contributed by atoms with Gasteiger partial charge < -0.3 is 4.74 Å². The molecule has 0 unspecified atom stereocenters. The summed E-state index contributed by atoms with van der Waals surface area (Å²) in [5.74, 6) is -0.141. The molecule has 1 N–H and O–H groups in total. The van der Waals surface area contributed by atoms with Gasteiger partial charge in [0.05, 0.1) is 15.1 Å². The normalized spacial score (nSPS) is 11.1. The molecular formula is C16H13BrClN3O4. The molecule has 2 aromatic rings. The van der Waals surface area contributed by atoms with Gasteiger partial charge in [-0.1, -0.05) is 23.7 Å². The Hall–Kier alpha value is -2.45. The fraction of sp³-hybridized carbons (Fsp3) is 0.125. The lowest BCUT2D eigenvalue weighted by Gasteiger charge is -2.07. The standard InChI is InChI=1S/C16H13BrClN3O4/c1-10(11-2-4-12(18)5-3-11)19-20-16(22)9-25-15-7-6-13(21(23)24)8-14(15)17/h2-8H,9H2,1H3,(H,20,22). The van der Waals surface area contributed by atoms with Crippen LogP contribution < -0.4 is 10.2 Å². The number of hydrogen-bond acceptors (Lipinski definition) is 5. The number of rotatable bonds is 6. The average molecular weight is 427 g/mol. The number of nitro groups is 1. The van der Waals surface area contributed by atoms with Gasteiger partial charge in [0.2, 0.25) is 0 Å². The van der Waals surface area contributed by atoms with Crippen LogP contribution in [0.4, 0.5) is 5.69 Å². The fourth-order valence-electron chi connectivity index (χ4n) is 1.80. The molecule has 0 aliphatic carbocycles. The molecule has 7 nitrogen and oxygen atoms in total. The molecule has 0 radical (unpaired) electrons. The van der Waals surface area contributed by atoms with Crippen molar-refractivity contribution in [2.75, 3.05) is 6.61 Å². The SMILES string of the molecule is CC(=NNC(=O)COc1ccc([N+](=O)[O-])cc1Br)c1ccc(Cl)cc1. The molecule has 9 heteroatoms. The number of carbonyl (C=O) groups excluding carboxylic acids is 1. The Balaban J connectivity index is 1.91. The lowest BCUT2D eigenvalue weighted by molar-refractivity contribution is -0.384. The minimum absolute atomic E-state index is 0.0770. The Labute approximate surface area is 156 Å². The van der Waals surface area contributed by atoms with Crippen molar-refractivity contribution in [2.45, 2.75) is 6.92 Å². The van der Waals surface area contributed by atoms with E-state index in [1.54, 1.807) is 31.2 Å². The average Bonchev–Trinajstić information content (AvgIpc) is 2.59. The van der Waals surface area contributed by atoms with Crippen LogP contribution >= 0.6 is 27.5 Å². The highest BCUT2D eigenvalue weighted by Crippen LogP contribution is 2.28. The maximum Gasteiger partial charge on any atom is 0.277 e. The Morgan fingerprint density at radius 2 is 2.00 bits per heavy atom. The topological polar surface area (TPSA) is 93.8 Å². The largest absolute Gasteiger partial charge is 0.483 e. The molecule has 0 atom stereocenters. The third-order valence-electron chi connectivity index (χ3n) is 3.10. The molecule has 0 saturated carbocycles. The smallest absolute Gasteiger partial charge is 0.277 e. The number of halogens is 2. The van der Waals surface area contributed by atoms with Gasteiger partial charge in [-0.25, -0.2) is 5.43 Å². The molecule has 0 heterocycles. The molecule has 0 aliphatic heterocycles. The fourth-order valence-corrected chi connectivity index (χ4v) is 2.40. The number of benzene rings is 2. The molecule has 0 fully saturated rings. The number of nitro benzene ring substituents is 1. The first-order valence-corrected chi connectivity index (χ1v) is 8.19. The number of ether oxygens (including phenoxy) is 1. The minimum Gasteiger partial charge on any atom is -0.483 e. The van der Waals surface area contributed by atoms with E-state index in [0.717, 1.165) is 5.56 Å². The van der Waals surface area contributed by atoms with Crippen LogP contribution in [0.3, 0.4) is 0 Å². The minimum atomic E-state index is -0.518. The number of non-ortho nitro benzene ring substituents is 1. The van der Waals surface area contributed by atoms with E-state index in [4.69, 9.17) is 16.3 Å². The highest BCUT2D eigenvalue weighted by Gasteiger charge is 2.11. The Morgan fingerprint density at radius 3 is 2.60 bits per heavy atom. The quantitative estimate of drug-likeness (QED) is 0.430. The van der Waals surface area contributed by atoms with Crippen LogP contribution in [0.2, 0.25) is 5.02 Å². The van der Waals surface area contributed by atoms with Crippen molar-refractivity contribution in [1.29, 1.82) is 0 Å². The van der Waals surface area contributed by atoms with Crippen LogP contribution in [-0.4, -0.2) is 23.1 Å². The number of hydrazone groups is 1. The van der Waals surface area contributed by atoms with Crippen LogP contribution in [0.1, 0.15) is 12.5 Å². The van der Waals surface area contributed by atoms with Gasteiger partial charge in [0.1, 0.15) is 5.75 Å². The summed E-state index contributed by atoms with van der Waals surface area (Å²) >= 11 is 8.98. The number of carbonyl (C=O) groups is 1. The number of amides is 1. The molecule has 130 valence electrons. The first kappa shape index (κ1) is 18.9. The van der Waals surface area contributed by atoms with Crippen LogP contribution in [0.5, 0.6) is 5.75 Å². The second-order valence-electron chi connectivity index (χ2n) is 4.90. The summed E-state index contributed by atoms with van der Waals surface area (Å²) in [6.45, 7) is 1.46. The Kier molecular flexibility index (Phi) is 6.49. The van der Waals surface area contributed by atoms with Gasteiger partial charge >= 0.3 is 0 Å². The molecule has 0 spiro atoms. The maximum atomic E-state index is 11.8. The maximum absolute atomic E-state index is 11.8. The van der Waals surface area contributed by atoms with Gasteiger partial charge in [-0.2, -0.15) is 5.10 Å². The molecular weight excluding hydrogens is 414 g/mol. The summed E-state index contributed by atoms with van der Waals surface area (Å²) in [6, 6.07) is 11.0. The third-order valence-corrected chi connectivity index (χ3v) is 3.97. The van der Waals surface area contributed by atoms with Crippen LogP contribution in [-0.2, 0) is 4.79 Å². The predicted octanol–water partition coefficient (Wildman–Crippen LogP) is 3.93. The van der Waals surface area contributed by atoms with Crippen molar-refractivity contribution in [3.8, 4) is 5.75 Å². The van der Waals surface area contributed by atoms with Crippen molar-refractivity contribution in [2.24, 2.45) is 5.10 Å². The summed E-state index contributed by atoms with van der Waals surface area (Å²) in [4.78, 5) is 22.0. The number of hydrogen-bond donors (Lipinski definition) is 1. The predicted molar refractivity (Wildman–Crippen MR) is 98.1 cm³/mol. The molecule has 0 bridgehead atoms. The van der Waals surface area contributed by atoms with Crippen molar-refractivity contribution in [3.05, 3.63) is 67.6 Å². The molecule has 0 aromatic heterocycles. The highest BCUT2D eigenvalue weighted by atomic mass is 79.9. The molecule has 0 saturated heterocycles. The molecule has 0 aliphatic rings. The zero-order valence-corrected chi connectivity index (χ0v) is 15.4. The van der Waals surface area contributed by atoms with E-state index >= 15 is 0 Å². The zero-order chi connectivity index (χ0) is 18.4. The number of nitrogens with zero attached hydrogens (tertiary/aromatic N) is 2. The highest BCUT2D eigenvalue weighted by molar-refractivity contribution is 9.10. The Morgan fingerprint density at radius 1 is 1.32 bits per heavy atom. The summed E-state index contributed by atoms with van der Waals surface area (Å²) in [5, 5.41) is 15.3. The van der Waals surface area contributed by atoms with E-state index in [-0.39, 0.29) is 12.3 Å². The van der Waals surface area contributed by atoms with Crippen LogP contribution in [0.25, 0.3) is 0 Å². The van der Waals surface area contributed by atoms with Gasteiger partial charge in [-0.05, 0) is 46.6 Å².